The van der Waals surface area contributed by atoms with E-state index in [9.17, 15) is 0 Å². The fraction of sp³-hybridized carbons (Fsp3) is 0.600. The first-order chi connectivity index (χ1) is 8.29. The van der Waals surface area contributed by atoms with E-state index in [2.05, 4.69) is 49.5 Å². The molecule has 0 fully saturated rings. The number of ether oxygens (including phenoxy) is 1. The molecule has 17 heavy (non-hydrogen) atoms. The van der Waals surface area contributed by atoms with E-state index in [-0.39, 0.29) is 0 Å². The average Bonchev–Trinajstić information content (AvgIpc) is 2.36. The molecule has 1 aromatic carbocycles. The maximum Gasteiger partial charge on any atom is 0.0494 e. The molecule has 0 heterocycles. The molecule has 2 atom stereocenters. The Labute approximate surface area is 105 Å². The van der Waals surface area contributed by atoms with Crippen LogP contribution < -0.4 is 5.32 Å². The number of hydrogen-bond acceptors (Lipinski definition) is 2. The Hall–Kier alpha value is -0.860. The smallest absolute Gasteiger partial charge is 0.0494 e. The summed E-state index contributed by atoms with van der Waals surface area (Å²) in [6.07, 6.45) is 1.18. The summed E-state index contributed by atoms with van der Waals surface area (Å²) >= 11 is 0. The highest BCUT2D eigenvalue weighted by Crippen LogP contribution is 2.24. The Morgan fingerprint density at radius 1 is 1.24 bits per heavy atom. The number of rotatable bonds is 8. The summed E-state index contributed by atoms with van der Waals surface area (Å²) in [4.78, 5) is 0. The third kappa shape index (κ3) is 4.88. The second-order valence-corrected chi connectivity index (χ2v) is 4.65. The minimum atomic E-state index is 0.530. The van der Waals surface area contributed by atoms with Crippen molar-refractivity contribution in [2.75, 3.05) is 26.8 Å². The van der Waals surface area contributed by atoms with Crippen LogP contribution in [0.1, 0.15) is 31.7 Å². The van der Waals surface area contributed by atoms with Crippen molar-refractivity contribution in [1.82, 2.24) is 5.32 Å². The lowest BCUT2D eigenvalue weighted by atomic mass is 9.87. The van der Waals surface area contributed by atoms with E-state index in [1.165, 1.54) is 12.0 Å². The molecular weight excluding hydrogens is 210 g/mol. The molecular formula is C15H25NO. The van der Waals surface area contributed by atoms with Crippen molar-refractivity contribution in [3.63, 3.8) is 0 Å². The lowest BCUT2D eigenvalue weighted by Crippen LogP contribution is -2.28. The third-order valence-electron chi connectivity index (χ3n) is 3.14. The van der Waals surface area contributed by atoms with Crippen LogP contribution in [-0.2, 0) is 4.74 Å². The lowest BCUT2D eigenvalue weighted by Gasteiger charge is -2.24. The number of hydrogen-bond donors (Lipinski definition) is 1. The van der Waals surface area contributed by atoms with Crippen LogP contribution in [0.4, 0.5) is 0 Å². The van der Waals surface area contributed by atoms with Crippen LogP contribution in [-0.4, -0.2) is 26.8 Å². The summed E-state index contributed by atoms with van der Waals surface area (Å²) < 4.78 is 5.28. The van der Waals surface area contributed by atoms with Gasteiger partial charge >= 0.3 is 0 Å². The fourth-order valence-corrected chi connectivity index (χ4v) is 2.16. The van der Waals surface area contributed by atoms with Crippen molar-refractivity contribution in [3.05, 3.63) is 35.9 Å². The molecule has 0 bridgehead atoms. The van der Waals surface area contributed by atoms with Gasteiger partial charge in [-0.1, -0.05) is 44.2 Å². The van der Waals surface area contributed by atoms with Gasteiger partial charge in [-0.3, -0.25) is 0 Å². The zero-order valence-corrected chi connectivity index (χ0v) is 11.3. The molecule has 1 rings (SSSR count). The molecule has 0 aliphatic heterocycles. The molecule has 1 aromatic rings. The molecule has 0 radical (unpaired) electrons. The molecule has 2 unspecified atom stereocenters. The van der Waals surface area contributed by atoms with E-state index in [1.54, 1.807) is 7.11 Å². The standard InChI is InChI=1S/C15H25NO/c1-4-10-16-11-15(13(2)12-17-3)14-8-6-5-7-9-14/h5-9,13,15-16H,4,10-12H2,1-3H3. The van der Waals surface area contributed by atoms with Gasteiger partial charge in [-0.25, -0.2) is 0 Å². The van der Waals surface area contributed by atoms with Gasteiger partial charge < -0.3 is 10.1 Å². The van der Waals surface area contributed by atoms with E-state index < -0.39 is 0 Å². The van der Waals surface area contributed by atoms with E-state index in [0.717, 1.165) is 19.7 Å². The Morgan fingerprint density at radius 3 is 2.53 bits per heavy atom. The molecule has 0 aliphatic rings. The molecule has 0 aromatic heterocycles. The number of benzene rings is 1. The zero-order chi connectivity index (χ0) is 12.5. The van der Waals surface area contributed by atoms with Crippen molar-refractivity contribution < 1.29 is 4.74 Å². The van der Waals surface area contributed by atoms with Crippen LogP contribution >= 0.6 is 0 Å². The van der Waals surface area contributed by atoms with Crippen molar-refractivity contribution in [3.8, 4) is 0 Å². The van der Waals surface area contributed by atoms with Gasteiger partial charge in [0.2, 0.25) is 0 Å². The highest BCUT2D eigenvalue weighted by atomic mass is 16.5. The second kappa shape index (κ2) is 8.26. The highest BCUT2D eigenvalue weighted by Gasteiger charge is 2.18. The summed E-state index contributed by atoms with van der Waals surface area (Å²) in [6.45, 7) is 7.39. The monoisotopic (exact) mass is 235 g/mol. The minimum absolute atomic E-state index is 0.530. The van der Waals surface area contributed by atoms with E-state index in [4.69, 9.17) is 4.74 Å². The number of methoxy groups -OCH3 is 1. The molecule has 0 saturated heterocycles. The first kappa shape index (κ1) is 14.2. The summed E-state index contributed by atoms with van der Waals surface area (Å²) in [7, 11) is 1.78. The summed E-state index contributed by atoms with van der Waals surface area (Å²) in [5.74, 6) is 1.06. The first-order valence-corrected chi connectivity index (χ1v) is 6.54. The van der Waals surface area contributed by atoms with E-state index in [1.807, 2.05) is 0 Å². The lowest BCUT2D eigenvalue weighted by molar-refractivity contribution is 0.146. The molecule has 2 heteroatoms. The van der Waals surface area contributed by atoms with Gasteiger partial charge in [-0.15, -0.1) is 0 Å². The molecule has 96 valence electrons. The molecule has 1 N–H and O–H groups in total. The molecule has 0 aliphatic carbocycles. The van der Waals surface area contributed by atoms with Crippen LogP contribution in [0.5, 0.6) is 0 Å². The second-order valence-electron chi connectivity index (χ2n) is 4.65. The number of nitrogens with one attached hydrogen (secondary N) is 1. The zero-order valence-electron chi connectivity index (χ0n) is 11.3. The molecule has 0 saturated carbocycles. The maximum atomic E-state index is 5.28. The van der Waals surface area contributed by atoms with Crippen LogP contribution in [0.2, 0.25) is 0 Å². The van der Waals surface area contributed by atoms with Gasteiger partial charge in [-0.05, 0) is 24.4 Å². The first-order valence-electron chi connectivity index (χ1n) is 6.54. The topological polar surface area (TPSA) is 21.3 Å². The Morgan fingerprint density at radius 2 is 1.94 bits per heavy atom. The van der Waals surface area contributed by atoms with Gasteiger partial charge in [0.25, 0.3) is 0 Å². The summed E-state index contributed by atoms with van der Waals surface area (Å²) in [6, 6.07) is 10.7. The molecule has 2 nitrogen and oxygen atoms in total. The van der Waals surface area contributed by atoms with Crippen molar-refractivity contribution in [2.45, 2.75) is 26.2 Å². The highest BCUT2D eigenvalue weighted by molar-refractivity contribution is 5.20. The van der Waals surface area contributed by atoms with Crippen LogP contribution in [0.3, 0.4) is 0 Å². The van der Waals surface area contributed by atoms with Gasteiger partial charge in [0.05, 0.1) is 0 Å². The maximum absolute atomic E-state index is 5.28. The van der Waals surface area contributed by atoms with Crippen LogP contribution in [0.25, 0.3) is 0 Å². The SMILES string of the molecule is CCCNCC(c1ccccc1)C(C)COC. The average molecular weight is 235 g/mol. The summed E-state index contributed by atoms with van der Waals surface area (Å²) in [5, 5.41) is 3.52. The Kier molecular flexibility index (Phi) is 6.90. The Balaban J connectivity index is 2.64. The van der Waals surface area contributed by atoms with Crippen LogP contribution in [0.15, 0.2) is 30.3 Å². The van der Waals surface area contributed by atoms with Gasteiger partial charge in [-0.2, -0.15) is 0 Å². The molecule has 0 spiro atoms. The quantitative estimate of drug-likeness (QED) is 0.699. The van der Waals surface area contributed by atoms with E-state index in [0.29, 0.717) is 11.8 Å². The van der Waals surface area contributed by atoms with Crippen molar-refractivity contribution >= 4 is 0 Å². The van der Waals surface area contributed by atoms with Gasteiger partial charge in [0.15, 0.2) is 0 Å². The van der Waals surface area contributed by atoms with E-state index >= 15 is 0 Å². The third-order valence-corrected chi connectivity index (χ3v) is 3.14. The van der Waals surface area contributed by atoms with Gasteiger partial charge in [0.1, 0.15) is 0 Å². The fourth-order valence-electron chi connectivity index (χ4n) is 2.16. The van der Waals surface area contributed by atoms with Crippen LogP contribution in [0, 0.1) is 5.92 Å². The Bertz CT molecular complexity index is 286. The predicted octanol–water partition coefficient (Wildman–Crippen LogP) is 3.05. The largest absolute Gasteiger partial charge is 0.384 e. The van der Waals surface area contributed by atoms with Crippen molar-refractivity contribution in [2.24, 2.45) is 5.92 Å². The predicted molar refractivity (Wildman–Crippen MR) is 73.4 cm³/mol. The molecule has 0 amide bonds. The van der Waals surface area contributed by atoms with Gasteiger partial charge in [0, 0.05) is 26.2 Å². The normalized spacial score (nSPS) is 14.5. The summed E-state index contributed by atoms with van der Waals surface area (Å²) in [5.41, 5.74) is 1.40. The van der Waals surface area contributed by atoms with Crippen molar-refractivity contribution in [1.29, 1.82) is 0 Å². The minimum Gasteiger partial charge on any atom is -0.384 e.